The van der Waals surface area contributed by atoms with E-state index in [4.69, 9.17) is 23.8 Å². The lowest BCUT2D eigenvalue weighted by atomic mass is 10.00. The quantitative estimate of drug-likeness (QED) is 0.167. The highest BCUT2D eigenvalue weighted by molar-refractivity contribution is 6.13. The first-order chi connectivity index (χ1) is 31.2. The molecule has 0 bridgehead atoms. The maximum atomic E-state index is 6.86. The van der Waals surface area contributed by atoms with Crippen LogP contribution in [0, 0.1) is 0 Å². The fourth-order valence-electron chi connectivity index (χ4n) is 9.26. The molecule has 0 radical (unpaired) electrons. The molecule has 4 aromatic heterocycles. The third kappa shape index (κ3) is 5.76. The predicted molar refractivity (Wildman–Crippen MR) is 256 cm³/mol. The summed E-state index contributed by atoms with van der Waals surface area (Å²) in [6.45, 7) is 0. The fraction of sp³-hybridized carbons (Fsp3) is 0. The van der Waals surface area contributed by atoms with Crippen LogP contribution in [-0.2, 0) is 0 Å². The average Bonchev–Trinajstić information content (AvgIpc) is 4.03. The van der Waals surface area contributed by atoms with Crippen LogP contribution in [0.4, 0.5) is 0 Å². The highest BCUT2D eigenvalue weighted by atomic mass is 16.3. The first-order valence-corrected chi connectivity index (χ1v) is 21.1. The first-order valence-electron chi connectivity index (χ1n) is 21.1. The molecule has 6 nitrogen and oxygen atoms in total. The lowest BCUT2D eigenvalue weighted by molar-refractivity contribution is 0.669. The summed E-state index contributed by atoms with van der Waals surface area (Å²) < 4.78 is 15.5. The Kier molecular flexibility index (Phi) is 7.80. The highest BCUT2D eigenvalue weighted by Crippen LogP contribution is 2.41. The van der Waals surface area contributed by atoms with Gasteiger partial charge in [-0.2, -0.15) is 0 Å². The van der Waals surface area contributed by atoms with Crippen molar-refractivity contribution in [1.29, 1.82) is 0 Å². The molecule has 63 heavy (non-hydrogen) atoms. The Morgan fingerprint density at radius 3 is 1.62 bits per heavy atom. The third-order valence-corrected chi connectivity index (χ3v) is 12.3. The number of nitrogens with zero attached hydrogens (tertiary/aromatic N) is 4. The van der Waals surface area contributed by atoms with Gasteiger partial charge in [-0.3, -0.25) is 0 Å². The van der Waals surface area contributed by atoms with Gasteiger partial charge in [-0.05, 0) is 83.4 Å². The van der Waals surface area contributed by atoms with Crippen LogP contribution >= 0.6 is 0 Å². The minimum Gasteiger partial charge on any atom is -0.456 e. The molecular formula is C57H34N4O2. The zero-order valence-corrected chi connectivity index (χ0v) is 33.7. The van der Waals surface area contributed by atoms with Crippen LogP contribution in [0.5, 0.6) is 0 Å². The molecule has 13 aromatic rings. The van der Waals surface area contributed by atoms with Crippen LogP contribution < -0.4 is 0 Å². The van der Waals surface area contributed by atoms with Crippen LogP contribution in [0.2, 0.25) is 0 Å². The molecule has 0 N–H and O–H groups in total. The van der Waals surface area contributed by atoms with Crippen molar-refractivity contribution in [3.8, 4) is 62.1 Å². The maximum Gasteiger partial charge on any atom is 0.164 e. The van der Waals surface area contributed by atoms with Crippen molar-refractivity contribution >= 4 is 65.7 Å². The SMILES string of the molecule is c1ccc(-c2cccc(-c3nc(-c4ccc5c(c4)oc4ccccc45)nc(-c4ccc5c(c4)oc4c(-c6ccc7c(c6)c6ccccc6n7-c6ccccc6)cccc45)n3)c2)cc1. The normalized spacial score (nSPS) is 11.8. The summed E-state index contributed by atoms with van der Waals surface area (Å²) in [4.78, 5) is 15.4. The second-order valence-corrected chi connectivity index (χ2v) is 16.0. The van der Waals surface area contributed by atoms with E-state index in [-0.39, 0.29) is 0 Å². The summed E-state index contributed by atoms with van der Waals surface area (Å²) >= 11 is 0. The van der Waals surface area contributed by atoms with Crippen molar-refractivity contribution in [2.24, 2.45) is 0 Å². The number of aromatic nitrogens is 4. The van der Waals surface area contributed by atoms with Crippen molar-refractivity contribution in [3.63, 3.8) is 0 Å². The van der Waals surface area contributed by atoms with Gasteiger partial charge in [0.05, 0.1) is 11.0 Å². The molecule has 0 aliphatic rings. The van der Waals surface area contributed by atoms with Gasteiger partial charge in [-0.15, -0.1) is 0 Å². The van der Waals surface area contributed by atoms with E-state index >= 15 is 0 Å². The van der Waals surface area contributed by atoms with Crippen LogP contribution in [0.25, 0.3) is 128 Å². The second-order valence-electron chi connectivity index (χ2n) is 16.0. The second kappa shape index (κ2) is 14.0. The third-order valence-electron chi connectivity index (χ3n) is 12.3. The minimum atomic E-state index is 0.549. The number of benzene rings is 9. The average molecular weight is 807 g/mol. The van der Waals surface area contributed by atoms with Gasteiger partial charge in [0, 0.05) is 60.3 Å². The lowest BCUT2D eigenvalue weighted by Crippen LogP contribution is -2.00. The lowest BCUT2D eigenvalue weighted by Gasteiger charge is -2.10. The molecule has 294 valence electrons. The molecular weight excluding hydrogens is 773 g/mol. The molecule has 0 atom stereocenters. The Morgan fingerprint density at radius 2 is 0.841 bits per heavy atom. The smallest absolute Gasteiger partial charge is 0.164 e. The van der Waals surface area contributed by atoms with Crippen LogP contribution in [0.15, 0.2) is 215 Å². The van der Waals surface area contributed by atoms with Gasteiger partial charge < -0.3 is 13.4 Å². The Hall–Kier alpha value is -8.61. The van der Waals surface area contributed by atoms with Gasteiger partial charge in [-0.25, -0.2) is 15.0 Å². The topological polar surface area (TPSA) is 69.9 Å². The van der Waals surface area contributed by atoms with Gasteiger partial charge in [0.1, 0.15) is 22.3 Å². The molecule has 0 aliphatic carbocycles. The van der Waals surface area contributed by atoms with Crippen molar-refractivity contribution < 1.29 is 8.83 Å². The van der Waals surface area contributed by atoms with Crippen molar-refractivity contribution in [3.05, 3.63) is 206 Å². The molecule has 0 saturated heterocycles. The maximum absolute atomic E-state index is 6.86. The molecule has 0 unspecified atom stereocenters. The van der Waals surface area contributed by atoms with Gasteiger partial charge in [-0.1, -0.05) is 140 Å². The van der Waals surface area contributed by atoms with Crippen LogP contribution in [-0.4, -0.2) is 19.5 Å². The van der Waals surface area contributed by atoms with E-state index in [1.165, 1.54) is 16.3 Å². The molecule has 0 amide bonds. The number of fused-ring (bicyclic) bond motifs is 9. The minimum absolute atomic E-state index is 0.549. The van der Waals surface area contributed by atoms with E-state index in [9.17, 15) is 0 Å². The van der Waals surface area contributed by atoms with E-state index < -0.39 is 0 Å². The monoisotopic (exact) mass is 806 g/mol. The summed E-state index contributed by atoms with van der Waals surface area (Å²) in [5.74, 6) is 1.68. The molecule has 0 aliphatic heterocycles. The summed E-state index contributed by atoms with van der Waals surface area (Å²) in [5.41, 5.74) is 13.6. The Balaban J connectivity index is 0.952. The number of hydrogen-bond acceptors (Lipinski definition) is 5. The van der Waals surface area contributed by atoms with E-state index in [0.29, 0.717) is 17.5 Å². The van der Waals surface area contributed by atoms with E-state index in [2.05, 4.69) is 180 Å². The Labute approximate surface area is 361 Å². The summed E-state index contributed by atoms with van der Waals surface area (Å²) in [5, 5.41) is 6.60. The van der Waals surface area contributed by atoms with E-state index in [1.807, 2.05) is 30.3 Å². The Bertz CT molecular complexity index is 3920. The van der Waals surface area contributed by atoms with E-state index in [1.54, 1.807) is 0 Å². The van der Waals surface area contributed by atoms with Crippen molar-refractivity contribution in [2.75, 3.05) is 0 Å². The summed E-state index contributed by atoms with van der Waals surface area (Å²) in [6, 6.07) is 71.6. The van der Waals surface area contributed by atoms with Crippen LogP contribution in [0.3, 0.4) is 0 Å². The standard InChI is InChI=1S/C57H34N4O2/c1-3-13-35(14-4-1)36-15-11-16-38(31-36)55-58-56(39-25-28-45-44-20-8-10-24-51(44)62-52(45)33-39)60-57(59-55)40-26-29-46-47-22-12-21-42(54(47)63-53(46)34-40)37-27-30-50-48(32-37)43-19-7-9-23-49(43)61(50)41-17-5-2-6-18-41/h1-34H. The predicted octanol–water partition coefficient (Wildman–Crippen LogP) is 15.1. The van der Waals surface area contributed by atoms with Crippen molar-refractivity contribution in [2.45, 2.75) is 0 Å². The molecule has 0 spiro atoms. The van der Waals surface area contributed by atoms with Gasteiger partial charge in [0.2, 0.25) is 0 Å². The van der Waals surface area contributed by atoms with Gasteiger partial charge in [0.15, 0.2) is 17.5 Å². The zero-order chi connectivity index (χ0) is 41.4. The zero-order valence-electron chi connectivity index (χ0n) is 33.7. The molecule has 0 saturated carbocycles. The fourth-order valence-corrected chi connectivity index (χ4v) is 9.26. The van der Waals surface area contributed by atoms with Gasteiger partial charge in [0.25, 0.3) is 0 Å². The van der Waals surface area contributed by atoms with Crippen molar-refractivity contribution in [1.82, 2.24) is 19.5 Å². The van der Waals surface area contributed by atoms with Gasteiger partial charge >= 0.3 is 0 Å². The largest absolute Gasteiger partial charge is 0.456 e. The summed E-state index contributed by atoms with van der Waals surface area (Å²) in [6.07, 6.45) is 0. The first kappa shape index (κ1) is 35.2. The Morgan fingerprint density at radius 1 is 0.302 bits per heavy atom. The molecule has 4 heterocycles. The highest BCUT2D eigenvalue weighted by Gasteiger charge is 2.19. The molecule has 6 heteroatoms. The molecule has 9 aromatic carbocycles. The number of para-hydroxylation sites is 4. The molecule has 13 rings (SSSR count). The van der Waals surface area contributed by atoms with E-state index in [0.717, 1.165) is 94.0 Å². The molecule has 0 fully saturated rings. The van der Waals surface area contributed by atoms with Crippen LogP contribution in [0.1, 0.15) is 0 Å². The number of furan rings is 2. The number of rotatable bonds is 6. The summed E-state index contributed by atoms with van der Waals surface area (Å²) in [7, 11) is 0. The number of hydrogen-bond donors (Lipinski definition) is 0.